The maximum absolute atomic E-state index is 12.5. The Hall–Kier alpha value is -2.44. The van der Waals surface area contributed by atoms with Crippen molar-refractivity contribution in [2.45, 2.75) is 45.7 Å². The van der Waals surface area contributed by atoms with Gasteiger partial charge in [-0.3, -0.25) is 9.59 Å². The van der Waals surface area contributed by atoms with Crippen LogP contribution in [0, 0.1) is 13.8 Å². The van der Waals surface area contributed by atoms with E-state index in [2.05, 4.69) is 10.1 Å². The maximum Gasteiger partial charge on any atom is 0.250 e. The van der Waals surface area contributed by atoms with Gasteiger partial charge in [0.15, 0.2) is 0 Å². The van der Waals surface area contributed by atoms with Gasteiger partial charge in [-0.1, -0.05) is 6.07 Å². The number of piperidine rings is 1. The highest BCUT2D eigenvalue weighted by atomic mass is 16.2. The molecule has 0 N–H and O–H groups in total. The monoisotopic (exact) mass is 329 g/mol. The summed E-state index contributed by atoms with van der Waals surface area (Å²) in [4.78, 5) is 30.5. The fourth-order valence-corrected chi connectivity index (χ4v) is 3.28. The zero-order valence-electron chi connectivity index (χ0n) is 14.2. The quantitative estimate of drug-likeness (QED) is 0.848. The summed E-state index contributed by atoms with van der Waals surface area (Å²) in [6.45, 7) is 5.68. The Kier molecular flexibility index (Phi) is 4.78. The molecule has 0 saturated carbocycles. The highest BCUT2D eigenvalue weighted by Crippen LogP contribution is 2.22. The molecule has 2 aromatic rings. The third-order valence-corrected chi connectivity index (χ3v) is 4.47. The third-order valence-electron chi connectivity index (χ3n) is 4.47. The van der Waals surface area contributed by atoms with Gasteiger partial charge in [0.05, 0.1) is 6.04 Å². The van der Waals surface area contributed by atoms with Crippen molar-refractivity contribution in [3.05, 3.63) is 46.4 Å². The van der Waals surface area contributed by atoms with Gasteiger partial charge < -0.3 is 9.47 Å². The van der Waals surface area contributed by atoms with E-state index in [1.807, 2.05) is 23.4 Å². The second kappa shape index (κ2) is 6.98. The molecule has 1 amide bonds. The van der Waals surface area contributed by atoms with E-state index >= 15 is 0 Å². The molecule has 7 heteroatoms. The van der Waals surface area contributed by atoms with Gasteiger partial charge in [0, 0.05) is 38.3 Å². The van der Waals surface area contributed by atoms with Crippen LogP contribution in [0.1, 0.15) is 37.0 Å². The Balaban J connectivity index is 1.62. The predicted molar refractivity (Wildman–Crippen MR) is 89.7 cm³/mol. The van der Waals surface area contributed by atoms with E-state index in [4.69, 9.17) is 0 Å². The molecule has 1 aliphatic rings. The van der Waals surface area contributed by atoms with Crippen molar-refractivity contribution in [3.8, 4) is 0 Å². The zero-order chi connectivity index (χ0) is 17.1. The van der Waals surface area contributed by atoms with E-state index in [0.717, 1.165) is 31.0 Å². The van der Waals surface area contributed by atoms with Crippen LogP contribution in [0.5, 0.6) is 0 Å². The van der Waals surface area contributed by atoms with Gasteiger partial charge in [0.1, 0.15) is 11.6 Å². The highest BCUT2D eigenvalue weighted by Gasteiger charge is 2.26. The molecular weight excluding hydrogens is 306 g/mol. The second-order valence-electron chi connectivity index (χ2n) is 6.27. The lowest BCUT2D eigenvalue weighted by Gasteiger charge is -2.33. The summed E-state index contributed by atoms with van der Waals surface area (Å²) < 4.78 is 3.51. The summed E-state index contributed by atoms with van der Waals surface area (Å²) in [6, 6.07) is 5.21. The minimum absolute atomic E-state index is 0.0736. The third kappa shape index (κ3) is 3.55. The summed E-state index contributed by atoms with van der Waals surface area (Å²) >= 11 is 0. The Bertz CT molecular complexity index is 779. The van der Waals surface area contributed by atoms with Crippen LogP contribution in [0.2, 0.25) is 0 Å². The van der Waals surface area contributed by atoms with Crippen LogP contribution >= 0.6 is 0 Å². The number of aryl methyl sites for hydroxylation is 3. The normalized spacial score (nSPS) is 17.9. The van der Waals surface area contributed by atoms with E-state index in [9.17, 15) is 9.59 Å². The lowest BCUT2D eigenvalue weighted by Crippen LogP contribution is -2.41. The largest absolute Gasteiger partial charge is 0.340 e. The molecule has 0 bridgehead atoms. The van der Waals surface area contributed by atoms with Gasteiger partial charge in [-0.2, -0.15) is 5.10 Å². The molecule has 0 aromatic carbocycles. The Morgan fingerprint density at radius 1 is 1.33 bits per heavy atom. The number of amides is 1. The van der Waals surface area contributed by atoms with Crippen molar-refractivity contribution in [2.75, 3.05) is 13.1 Å². The Morgan fingerprint density at radius 3 is 2.88 bits per heavy atom. The molecule has 1 aliphatic heterocycles. The molecule has 2 aromatic heterocycles. The van der Waals surface area contributed by atoms with Crippen LogP contribution in [0.4, 0.5) is 0 Å². The number of hydrogen-bond acceptors (Lipinski definition) is 4. The molecule has 1 saturated heterocycles. The number of carbonyl (C=O) groups is 1. The fourth-order valence-electron chi connectivity index (χ4n) is 3.28. The van der Waals surface area contributed by atoms with E-state index < -0.39 is 0 Å². The number of carbonyl (C=O) groups excluding carboxylic acids is 1. The van der Waals surface area contributed by atoms with Crippen molar-refractivity contribution < 1.29 is 4.79 Å². The minimum Gasteiger partial charge on any atom is -0.340 e. The number of pyridine rings is 1. The fraction of sp³-hybridized carbons (Fsp3) is 0.529. The van der Waals surface area contributed by atoms with Gasteiger partial charge in [-0.15, -0.1) is 0 Å². The van der Waals surface area contributed by atoms with Crippen LogP contribution in [0.25, 0.3) is 0 Å². The molecule has 128 valence electrons. The average Bonchev–Trinajstić information content (AvgIpc) is 2.92. The summed E-state index contributed by atoms with van der Waals surface area (Å²) in [5.74, 6) is 1.74. The number of likely N-dealkylation sites (tertiary alicyclic amines) is 1. The average molecular weight is 329 g/mol. The molecule has 0 spiro atoms. The molecule has 3 rings (SSSR count). The molecule has 1 fully saturated rings. The Labute approximate surface area is 140 Å². The first-order valence-corrected chi connectivity index (χ1v) is 8.37. The summed E-state index contributed by atoms with van der Waals surface area (Å²) in [6.07, 6.45) is 4.02. The smallest absolute Gasteiger partial charge is 0.250 e. The van der Waals surface area contributed by atoms with Crippen LogP contribution < -0.4 is 5.56 Å². The predicted octanol–water partition coefficient (Wildman–Crippen LogP) is 1.31. The highest BCUT2D eigenvalue weighted by molar-refractivity contribution is 5.76. The lowest BCUT2D eigenvalue weighted by atomic mass is 10.1. The summed E-state index contributed by atoms with van der Waals surface area (Å²) in [5, 5.41) is 4.45. The van der Waals surface area contributed by atoms with E-state index in [1.165, 1.54) is 6.07 Å². The SMILES string of the molecule is Cc1nc(C)n([C@H]2CCCN(C(=O)CCn3ccccc3=O)C2)n1. The molecule has 24 heavy (non-hydrogen) atoms. The van der Waals surface area contributed by atoms with E-state index in [0.29, 0.717) is 19.5 Å². The first-order valence-electron chi connectivity index (χ1n) is 8.37. The van der Waals surface area contributed by atoms with Gasteiger partial charge in [-0.25, -0.2) is 9.67 Å². The number of hydrogen-bond donors (Lipinski definition) is 0. The first-order chi connectivity index (χ1) is 11.5. The molecule has 3 heterocycles. The zero-order valence-corrected chi connectivity index (χ0v) is 14.2. The summed E-state index contributed by atoms with van der Waals surface area (Å²) in [5.41, 5.74) is -0.0736. The van der Waals surface area contributed by atoms with Gasteiger partial charge in [-0.05, 0) is 32.8 Å². The first kappa shape index (κ1) is 16.4. The number of rotatable bonds is 4. The van der Waals surface area contributed by atoms with Crippen LogP contribution in [-0.4, -0.2) is 43.2 Å². The standard InChI is InChI=1S/C17H23N5O2/c1-13-18-14(2)22(19-13)15-6-5-10-21(12-15)17(24)8-11-20-9-4-3-7-16(20)23/h3-4,7,9,15H,5-6,8,10-12H2,1-2H3/t15-/m0/s1. The number of nitrogens with zero attached hydrogens (tertiary/aromatic N) is 5. The van der Waals surface area contributed by atoms with Crippen molar-refractivity contribution in [2.24, 2.45) is 0 Å². The van der Waals surface area contributed by atoms with Crippen LogP contribution in [-0.2, 0) is 11.3 Å². The van der Waals surface area contributed by atoms with Gasteiger partial charge >= 0.3 is 0 Å². The maximum atomic E-state index is 12.5. The lowest BCUT2D eigenvalue weighted by molar-refractivity contribution is -0.133. The van der Waals surface area contributed by atoms with Crippen molar-refractivity contribution in [3.63, 3.8) is 0 Å². The molecular formula is C17H23N5O2. The molecule has 0 aliphatic carbocycles. The van der Waals surface area contributed by atoms with Crippen molar-refractivity contribution in [1.82, 2.24) is 24.2 Å². The Morgan fingerprint density at radius 2 is 2.17 bits per heavy atom. The van der Waals surface area contributed by atoms with Gasteiger partial charge in [0.2, 0.25) is 5.91 Å². The molecule has 1 atom stereocenters. The molecule has 7 nitrogen and oxygen atoms in total. The van der Waals surface area contributed by atoms with Crippen LogP contribution in [0.3, 0.4) is 0 Å². The summed E-state index contributed by atoms with van der Waals surface area (Å²) in [7, 11) is 0. The van der Waals surface area contributed by atoms with Crippen molar-refractivity contribution in [1.29, 1.82) is 0 Å². The van der Waals surface area contributed by atoms with Crippen molar-refractivity contribution >= 4 is 5.91 Å². The number of aromatic nitrogens is 4. The minimum atomic E-state index is -0.0736. The second-order valence-corrected chi connectivity index (χ2v) is 6.27. The van der Waals surface area contributed by atoms with Crippen LogP contribution in [0.15, 0.2) is 29.2 Å². The molecule has 0 unspecified atom stereocenters. The van der Waals surface area contributed by atoms with E-state index in [1.54, 1.807) is 22.9 Å². The van der Waals surface area contributed by atoms with Gasteiger partial charge in [0.25, 0.3) is 5.56 Å². The topological polar surface area (TPSA) is 73.0 Å². The molecule has 0 radical (unpaired) electrons. The van der Waals surface area contributed by atoms with E-state index in [-0.39, 0.29) is 17.5 Å².